The van der Waals surface area contributed by atoms with Crippen molar-refractivity contribution in [2.75, 3.05) is 19.4 Å². The molecule has 3 rings (SSSR count). The van der Waals surface area contributed by atoms with Crippen molar-refractivity contribution in [3.05, 3.63) is 87.4 Å². The monoisotopic (exact) mass is 472 g/mol. The van der Waals surface area contributed by atoms with E-state index < -0.39 is 0 Å². The highest BCUT2D eigenvalue weighted by atomic mass is 35.5. The van der Waals surface area contributed by atoms with Gasteiger partial charge in [-0.3, -0.25) is 9.59 Å². The number of esters is 1. The van der Waals surface area contributed by atoms with E-state index in [2.05, 4.69) is 10.1 Å². The second kappa shape index (κ2) is 10.9. The summed E-state index contributed by atoms with van der Waals surface area (Å²) in [5.41, 5.74) is 8.58. The highest BCUT2D eigenvalue weighted by Crippen LogP contribution is 2.33. The summed E-state index contributed by atoms with van der Waals surface area (Å²) in [5.74, 6) is 0.154. The SMILES string of the molecule is COC(=O)Cc1ccc(Oc2ccc(C(=O)NCCc3ccc(Cl)cc3)cc2N)c(Cl)c1. The Morgan fingerprint density at radius 3 is 2.28 bits per heavy atom. The summed E-state index contributed by atoms with van der Waals surface area (Å²) >= 11 is 12.1. The number of rotatable bonds is 8. The number of carbonyl (C=O) groups is 2. The van der Waals surface area contributed by atoms with Crippen molar-refractivity contribution in [3.8, 4) is 11.5 Å². The first-order valence-corrected chi connectivity index (χ1v) is 10.6. The van der Waals surface area contributed by atoms with Crippen LogP contribution in [0.3, 0.4) is 0 Å². The fraction of sp³-hybridized carbons (Fsp3) is 0.167. The molecule has 3 N–H and O–H groups in total. The van der Waals surface area contributed by atoms with Crippen molar-refractivity contribution >= 4 is 40.8 Å². The van der Waals surface area contributed by atoms with Crippen molar-refractivity contribution in [1.82, 2.24) is 5.32 Å². The lowest BCUT2D eigenvalue weighted by atomic mass is 10.1. The van der Waals surface area contributed by atoms with Gasteiger partial charge in [-0.15, -0.1) is 0 Å². The Kier molecular flexibility index (Phi) is 7.98. The van der Waals surface area contributed by atoms with Crippen LogP contribution in [0.2, 0.25) is 10.0 Å². The molecule has 0 fully saturated rings. The molecule has 8 heteroatoms. The predicted molar refractivity (Wildman–Crippen MR) is 126 cm³/mol. The van der Waals surface area contributed by atoms with Gasteiger partial charge in [0.05, 0.1) is 24.2 Å². The summed E-state index contributed by atoms with van der Waals surface area (Å²) in [4.78, 5) is 23.8. The number of nitrogens with two attached hydrogens (primary N) is 1. The van der Waals surface area contributed by atoms with E-state index in [1.54, 1.807) is 36.4 Å². The molecule has 0 unspecified atom stereocenters. The lowest BCUT2D eigenvalue weighted by molar-refractivity contribution is -0.139. The summed E-state index contributed by atoms with van der Waals surface area (Å²) in [6, 6.07) is 17.3. The first-order chi connectivity index (χ1) is 15.4. The number of ether oxygens (including phenoxy) is 2. The number of halogens is 2. The van der Waals surface area contributed by atoms with Gasteiger partial charge in [0.1, 0.15) is 11.5 Å². The number of amides is 1. The van der Waals surface area contributed by atoms with Crippen molar-refractivity contribution in [2.24, 2.45) is 0 Å². The number of hydrogen-bond acceptors (Lipinski definition) is 5. The molecular formula is C24H22Cl2N2O4. The van der Waals surface area contributed by atoms with E-state index in [9.17, 15) is 9.59 Å². The van der Waals surface area contributed by atoms with E-state index >= 15 is 0 Å². The van der Waals surface area contributed by atoms with Gasteiger partial charge in [-0.05, 0) is 60.0 Å². The van der Waals surface area contributed by atoms with Gasteiger partial charge in [0, 0.05) is 17.1 Å². The fourth-order valence-corrected chi connectivity index (χ4v) is 3.32. The summed E-state index contributed by atoms with van der Waals surface area (Å²) in [7, 11) is 1.33. The maximum absolute atomic E-state index is 12.4. The Labute approximate surface area is 196 Å². The van der Waals surface area contributed by atoms with E-state index in [0.717, 1.165) is 5.56 Å². The van der Waals surface area contributed by atoms with Crippen LogP contribution in [0.25, 0.3) is 0 Å². The summed E-state index contributed by atoms with van der Waals surface area (Å²) in [5, 5.41) is 3.87. The number of hydrogen-bond donors (Lipinski definition) is 2. The second-order valence-electron chi connectivity index (χ2n) is 7.00. The Hall–Kier alpha value is -3.22. The minimum Gasteiger partial charge on any atom is -0.469 e. The molecule has 166 valence electrons. The maximum Gasteiger partial charge on any atom is 0.309 e. The maximum atomic E-state index is 12.4. The number of nitrogens with one attached hydrogen (secondary N) is 1. The van der Waals surface area contributed by atoms with E-state index in [4.69, 9.17) is 33.7 Å². The van der Waals surface area contributed by atoms with Crippen LogP contribution < -0.4 is 15.8 Å². The smallest absolute Gasteiger partial charge is 0.309 e. The lowest BCUT2D eigenvalue weighted by Gasteiger charge is -2.12. The van der Waals surface area contributed by atoms with Crippen LogP contribution in [-0.4, -0.2) is 25.5 Å². The molecule has 0 bridgehead atoms. The molecule has 0 aromatic heterocycles. The van der Waals surface area contributed by atoms with Crippen LogP contribution in [0.1, 0.15) is 21.5 Å². The van der Waals surface area contributed by atoms with E-state index in [0.29, 0.717) is 51.3 Å². The van der Waals surface area contributed by atoms with Crippen molar-refractivity contribution in [1.29, 1.82) is 0 Å². The zero-order chi connectivity index (χ0) is 23.1. The van der Waals surface area contributed by atoms with Gasteiger partial charge in [0.25, 0.3) is 5.91 Å². The average Bonchev–Trinajstić information content (AvgIpc) is 2.78. The number of nitrogen functional groups attached to an aromatic ring is 1. The van der Waals surface area contributed by atoms with Crippen LogP contribution in [0.4, 0.5) is 5.69 Å². The highest BCUT2D eigenvalue weighted by molar-refractivity contribution is 6.32. The third-order valence-corrected chi connectivity index (χ3v) is 5.22. The van der Waals surface area contributed by atoms with Crippen molar-refractivity contribution in [3.63, 3.8) is 0 Å². The third kappa shape index (κ3) is 6.39. The normalized spacial score (nSPS) is 10.5. The fourth-order valence-electron chi connectivity index (χ4n) is 2.95. The molecule has 0 radical (unpaired) electrons. The molecule has 0 saturated carbocycles. The summed E-state index contributed by atoms with van der Waals surface area (Å²) in [6.45, 7) is 0.478. The quantitative estimate of drug-likeness (QED) is 0.353. The Bertz CT molecular complexity index is 1120. The van der Waals surface area contributed by atoms with Crippen molar-refractivity contribution in [2.45, 2.75) is 12.8 Å². The molecule has 0 aliphatic carbocycles. The summed E-state index contributed by atoms with van der Waals surface area (Å²) < 4.78 is 10.4. The first-order valence-electron chi connectivity index (χ1n) is 9.81. The molecule has 0 heterocycles. The van der Waals surface area contributed by atoms with Gasteiger partial charge in [-0.25, -0.2) is 0 Å². The lowest BCUT2D eigenvalue weighted by Crippen LogP contribution is -2.25. The van der Waals surface area contributed by atoms with Gasteiger partial charge >= 0.3 is 5.97 Å². The van der Waals surface area contributed by atoms with Crippen molar-refractivity contribution < 1.29 is 19.1 Å². The topological polar surface area (TPSA) is 90.6 Å². The number of carbonyl (C=O) groups excluding carboxylic acids is 2. The van der Waals surface area contributed by atoms with Gasteiger partial charge in [0.2, 0.25) is 0 Å². The molecule has 3 aromatic rings. The summed E-state index contributed by atoms with van der Waals surface area (Å²) in [6.07, 6.45) is 0.796. The molecular weight excluding hydrogens is 451 g/mol. The van der Waals surface area contributed by atoms with Crippen LogP contribution in [0, 0.1) is 0 Å². The molecule has 6 nitrogen and oxygen atoms in total. The van der Waals surface area contributed by atoms with E-state index in [-0.39, 0.29) is 18.3 Å². The molecule has 0 spiro atoms. The van der Waals surface area contributed by atoms with Gasteiger partial charge in [-0.1, -0.05) is 41.4 Å². The third-order valence-electron chi connectivity index (χ3n) is 4.68. The molecule has 32 heavy (non-hydrogen) atoms. The molecule has 0 saturated heterocycles. The van der Waals surface area contributed by atoms with Crippen LogP contribution >= 0.6 is 23.2 Å². The number of methoxy groups -OCH3 is 1. The zero-order valence-corrected chi connectivity index (χ0v) is 18.9. The molecule has 3 aromatic carbocycles. The largest absolute Gasteiger partial charge is 0.469 e. The zero-order valence-electron chi connectivity index (χ0n) is 17.4. The molecule has 0 aliphatic heterocycles. The van der Waals surface area contributed by atoms with Gasteiger partial charge in [0.15, 0.2) is 0 Å². The van der Waals surface area contributed by atoms with Crippen LogP contribution in [-0.2, 0) is 22.4 Å². The predicted octanol–water partition coefficient (Wildman–Crippen LogP) is 5.06. The minimum atomic E-state index is -0.360. The Balaban J connectivity index is 1.60. The van der Waals surface area contributed by atoms with Gasteiger partial charge in [-0.2, -0.15) is 0 Å². The van der Waals surface area contributed by atoms with Crippen LogP contribution in [0.5, 0.6) is 11.5 Å². The van der Waals surface area contributed by atoms with E-state index in [1.165, 1.54) is 7.11 Å². The molecule has 0 atom stereocenters. The van der Waals surface area contributed by atoms with Crippen LogP contribution in [0.15, 0.2) is 60.7 Å². The minimum absolute atomic E-state index is 0.112. The number of benzene rings is 3. The number of anilines is 1. The molecule has 1 amide bonds. The first kappa shape index (κ1) is 23.4. The second-order valence-corrected chi connectivity index (χ2v) is 7.85. The van der Waals surface area contributed by atoms with Gasteiger partial charge < -0.3 is 20.5 Å². The highest BCUT2D eigenvalue weighted by Gasteiger charge is 2.12. The standard InChI is InChI=1S/C24H22Cl2N2O4/c1-31-23(29)13-16-4-8-21(19(26)12-16)32-22-9-5-17(14-20(22)27)24(30)28-11-10-15-2-6-18(25)7-3-15/h2-9,12,14H,10-11,13,27H2,1H3,(H,28,30). The Morgan fingerprint density at radius 2 is 1.62 bits per heavy atom. The average molecular weight is 473 g/mol. The molecule has 0 aliphatic rings. The van der Waals surface area contributed by atoms with E-state index in [1.807, 2.05) is 24.3 Å². The Morgan fingerprint density at radius 1 is 0.938 bits per heavy atom.